The molecule has 1 saturated carbocycles. The summed E-state index contributed by atoms with van der Waals surface area (Å²) in [5.41, 5.74) is 4.73. The van der Waals surface area contributed by atoms with Crippen molar-refractivity contribution in [2.75, 3.05) is 20.1 Å². The number of nitrogens with two attached hydrogens (primary N) is 1. The van der Waals surface area contributed by atoms with Crippen molar-refractivity contribution in [3.63, 3.8) is 0 Å². The second kappa shape index (κ2) is 3.95. The highest BCUT2D eigenvalue weighted by Crippen LogP contribution is 2.34. The topological polar surface area (TPSA) is 49.5 Å². The third-order valence-electron chi connectivity index (χ3n) is 3.03. The maximum absolute atomic E-state index is 9.78. The Morgan fingerprint density at radius 1 is 1.62 bits per heavy atom. The number of nitrogens with zero attached hydrogens (tertiary/aromatic N) is 1. The minimum Gasteiger partial charge on any atom is -0.388 e. The summed E-state index contributed by atoms with van der Waals surface area (Å²) in [6.07, 6.45) is 2.69. The van der Waals surface area contributed by atoms with Crippen molar-refractivity contribution in [1.82, 2.24) is 4.90 Å². The van der Waals surface area contributed by atoms with Gasteiger partial charge in [-0.2, -0.15) is 0 Å². The van der Waals surface area contributed by atoms with Gasteiger partial charge >= 0.3 is 0 Å². The zero-order valence-electron chi connectivity index (χ0n) is 8.95. The van der Waals surface area contributed by atoms with Crippen LogP contribution in [0.25, 0.3) is 0 Å². The molecule has 2 unspecified atom stereocenters. The second-order valence-electron chi connectivity index (χ2n) is 4.69. The Labute approximate surface area is 80.9 Å². The Hall–Kier alpha value is -0.120. The number of aliphatic hydroxyl groups is 1. The first-order valence-electron chi connectivity index (χ1n) is 5.09. The molecule has 0 aromatic carbocycles. The van der Waals surface area contributed by atoms with Gasteiger partial charge in [-0.1, -0.05) is 0 Å². The van der Waals surface area contributed by atoms with Crippen LogP contribution in [0, 0.1) is 5.92 Å². The summed E-state index contributed by atoms with van der Waals surface area (Å²) in [4.78, 5) is 2.21. The molecule has 0 aromatic rings. The van der Waals surface area contributed by atoms with Crippen LogP contribution >= 0.6 is 0 Å². The van der Waals surface area contributed by atoms with E-state index in [0.717, 1.165) is 5.92 Å². The van der Waals surface area contributed by atoms with Crippen LogP contribution in [0.4, 0.5) is 0 Å². The quantitative estimate of drug-likeness (QED) is 0.654. The SMILES string of the molecule is CC(C1CC1)N(C)CC(C)(O)CN. The Kier molecular flexibility index (Phi) is 3.33. The fourth-order valence-corrected chi connectivity index (χ4v) is 1.68. The lowest BCUT2D eigenvalue weighted by Crippen LogP contribution is -2.47. The van der Waals surface area contributed by atoms with E-state index >= 15 is 0 Å². The molecule has 3 nitrogen and oxygen atoms in total. The third kappa shape index (κ3) is 3.25. The van der Waals surface area contributed by atoms with Crippen LogP contribution in [0.3, 0.4) is 0 Å². The zero-order valence-corrected chi connectivity index (χ0v) is 8.95. The lowest BCUT2D eigenvalue weighted by molar-refractivity contribution is 0.0221. The van der Waals surface area contributed by atoms with Crippen LogP contribution in [-0.4, -0.2) is 41.8 Å². The van der Waals surface area contributed by atoms with E-state index < -0.39 is 5.60 Å². The number of hydrogen-bond donors (Lipinski definition) is 2. The highest BCUT2D eigenvalue weighted by atomic mass is 16.3. The maximum atomic E-state index is 9.78. The van der Waals surface area contributed by atoms with Crippen molar-refractivity contribution in [3.8, 4) is 0 Å². The predicted octanol–water partition coefficient (Wildman–Crippen LogP) is 0.426. The molecule has 0 radical (unpaired) electrons. The van der Waals surface area contributed by atoms with Crippen molar-refractivity contribution in [3.05, 3.63) is 0 Å². The molecule has 0 spiro atoms. The van der Waals surface area contributed by atoms with Gasteiger partial charge in [0.15, 0.2) is 0 Å². The second-order valence-corrected chi connectivity index (χ2v) is 4.69. The Morgan fingerprint density at radius 2 is 2.15 bits per heavy atom. The van der Waals surface area contributed by atoms with Crippen LogP contribution in [0.15, 0.2) is 0 Å². The van der Waals surface area contributed by atoms with Gasteiger partial charge in [-0.3, -0.25) is 0 Å². The molecule has 1 rings (SSSR count). The summed E-state index contributed by atoms with van der Waals surface area (Å²) in [5.74, 6) is 0.846. The van der Waals surface area contributed by atoms with Crippen LogP contribution in [0.2, 0.25) is 0 Å². The highest BCUT2D eigenvalue weighted by molar-refractivity contribution is 4.87. The Balaban J connectivity index is 2.34. The Morgan fingerprint density at radius 3 is 2.54 bits per heavy atom. The largest absolute Gasteiger partial charge is 0.388 e. The molecule has 0 saturated heterocycles. The molecule has 1 fully saturated rings. The Bertz CT molecular complexity index is 166. The summed E-state index contributed by atoms with van der Waals surface area (Å²) in [7, 11) is 2.06. The first kappa shape index (κ1) is 11.0. The van der Waals surface area contributed by atoms with E-state index in [-0.39, 0.29) is 0 Å². The molecule has 3 heteroatoms. The molecular formula is C10H22N2O. The minimum absolute atomic E-state index is 0.328. The molecule has 0 aromatic heterocycles. The van der Waals surface area contributed by atoms with Crippen LogP contribution in [-0.2, 0) is 0 Å². The molecule has 0 aliphatic heterocycles. The number of rotatable bonds is 5. The van der Waals surface area contributed by atoms with E-state index in [0.29, 0.717) is 19.1 Å². The lowest BCUT2D eigenvalue weighted by Gasteiger charge is -2.32. The van der Waals surface area contributed by atoms with Gasteiger partial charge in [-0.25, -0.2) is 0 Å². The monoisotopic (exact) mass is 186 g/mol. The van der Waals surface area contributed by atoms with Gasteiger partial charge in [0, 0.05) is 19.1 Å². The van der Waals surface area contributed by atoms with E-state index in [1.54, 1.807) is 6.92 Å². The molecule has 0 bridgehead atoms. The average Bonchev–Trinajstić information content (AvgIpc) is 2.85. The molecule has 0 amide bonds. The molecule has 2 atom stereocenters. The molecule has 0 heterocycles. The molecule has 1 aliphatic rings. The first-order chi connectivity index (χ1) is 5.96. The van der Waals surface area contributed by atoms with Crippen molar-refractivity contribution in [2.45, 2.75) is 38.3 Å². The fourth-order valence-electron chi connectivity index (χ4n) is 1.68. The van der Waals surface area contributed by atoms with Gasteiger partial charge in [0.05, 0.1) is 5.60 Å². The zero-order chi connectivity index (χ0) is 10.1. The van der Waals surface area contributed by atoms with E-state index in [4.69, 9.17) is 5.73 Å². The van der Waals surface area contributed by atoms with Crippen molar-refractivity contribution in [2.24, 2.45) is 11.7 Å². The van der Waals surface area contributed by atoms with Crippen molar-refractivity contribution >= 4 is 0 Å². The number of hydrogen-bond acceptors (Lipinski definition) is 3. The molecule has 1 aliphatic carbocycles. The lowest BCUT2D eigenvalue weighted by atomic mass is 10.1. The third-order valence-corrected chi connectivity index (χ3v) is 3.03. The predicted molar refractivity (Wildman–Crippen MR) is 54.5 cm³/mol. The van der Waals surface area contributed by atoms with Gasteiger partial charge in [0.1, 0.15) is 0 Å². The van der Waals surface area contributed by atoms with E-state index in [2.05, 4.69) is 18.9 Å². The average molecular weight is 186 g/mol. The van der Waals surface area contributed by atoms with Gasteiger partial charge in [0.2, 0.25) is 0 Å². The summed E-state index contributed by atoms with van der Waals surface area (Å²) in [5, 5.41) is 9.78. The summed E-state index contributed by atoms with van der Waals surface area (Å²) < 4.78 is 0. The van der Waals surface area contributed by atoms with Crippen LogP contribution in [0.5, 0.6) is 0 Å². The summed E-state index contributed by atoms with van der Waals surface area (Å²) >= 11 is 0. The normalized spacial score (nSPS) is 24.5. The van der Waals surface area contributed by atoms with E-state index in [1.165, 1.54) is 12.8 Å². The minimum atomic E-state index is -0.738. The highest BCUT2D eigenvalue weighted by Gasteiger charge is 2.32. The molecular weight excluding hydrogens is 164 g/mol. The smallest absolute Gasteiger partial charge is 0.0867 e. The molecule has 13 heavy (non-hydrogen) atoms. The standard InChI is InChI=1S/C10H22N2O/c1-8(9-4-5-9)12(3)7-10(2,13)6-11/h8-9,13H,4-7,11H2,1-3H3. The van der Waals surface area contributed by atoms with Gasteiger partial charge in [-0.05, 0) is 39.7 Å². The van der Waals surface area contributed by atoms with Crippen molar-refractivity contribution in [1.29, 1.82) is 0 Å². The molecule has 3 N–H and O–H groups in total. The summed E-state index contributed by atoms with van der Waals surface area (Å²) in [6, 6.07) is 0.582. The molecule has 78 valence electrons. The van der Waals surface area contributed by atoms with Crippen LogP contribution in [0.1, 0.15) is 26.7 Å². The van der Waals surface area contributed by atoms with Gasteiger partial charge < -0.3 is 15.7 Å². The fraction of sp³-hybridized carbons (Fsp3) is 1.00. The first-order valence-corrected chi connectivity index (χ1v) is 5.09. The van der Waals surface area contributed by atoms with Crippen molar-refractivity contribution < 1.29 is 5.11 Å². The summed E-state index contributed by atoms with van der Waals surface area (Å²) in [6.45, 7) is 5.02. The van der Waals surface area contributed by atoms with E-state index in [9.17, 15) is 5.11 Å². The van der Waals surface area contributed by atoms with Crippen LogP contribution < -0.4 is 5.73 Å². The van der Waals surface area contributed by atoms with Gasteiger partial charge in [-0.15, -0.1) is 0 Å². The van der Waals surface area contributed by atoms with Gasteiger partial charge in [0.25, 0.3) is 0 Å². The number of likely N-dealkylation sites (N-methyl/N-ethyl adjacent to an activating group) is 1. The van der Waals surface area contributed by atoms with E-state index in [1.807, 2.05) is 0 Å². The maximum Gasteiger partial charge on any atom is 0.0867 e.